The summed E-state index contributed by atoms with van der Waals surface area (Å²) in [7, 11) is -1.46. The second-order valence-corrected chi connectivity index (χ2v) is 9.01. The summed E-state index contributed by atoms with van der Waals surface area (Å²) in [5.41, 5.74) is 3.02. The van der Waals surface area contributed by atoms with E-state index in [0.717, 1.165) is 29.8 Å². The summed E-state index contributed by atoms with van der Waals surface area (Å²) in [6.07, 6.45) is 1.76. The van der Waals surface area contributed by atoms with Crippen LogP contribution >= 0.6 is 0 Å². The van der Waals surface area contributed by atoms with E-state index in [4.69, 9.17) is 0 Å². The lowest BCUT2D eigenvalue weighted by Gasteiger charge is -2.25. The van der Waals surface area contributed by atoms with Gasteiger partial charge in [0.2, 0.25) is 5.91 Å². The fourth-order valence-corrected chi connectivity index (χ4v) is 5.15. The van der Waals surface area contributed by atoms with Crippen molar-refractivity contribution in [3.05, 3.63) is 17.0 Å². The van der Waals surface area contributed by atoms with E-state index in [-0.39, 0.29) is 29.4 Å². The molecule has 2 rings (SSSR count). The predicted molar refractivity (Wildman–Crippen MR) is 89.9 cm³/mol. The Hall–Kier alpha value is -1.37. The van der Waals surface area contributed by atoms with E-state index in [9.17, 15) is 13.2 Å². The maximum absolute atomic E-state index is 12.6. The van der Waals surface area contributed by atoms with Crippen LogP contribution in [0.3, 0.4) is 0 Å². The van der Waals surface area contributed by atoms with Gasteiger partial charge in [0.15, 0.2) is 9.84 Å². The van der Waals surface area contributed by atoms with E-state index in [2.05, 4.69) is 5.10 Å². The van der Waals surface area contributed by atoms with Gasteiger partial charge in [0, 0.05) is 24.8 Å². The molecular weight excluding hydrogens is 314 g/mol. The molecule has 1 saturated heterocycles. The smallest absolute Gasteiger partial charge is 0.238 e. The van der Waals surface area contributed by atoms with Crippen LogP contribution in [0.1, 0.15) is 49.7 Å². The summed E-state index contributed by atoms with van der Waals surface area (Å²) in [6.45, 7) is 8.26. The average Bonchev–Trinajstić information content (AvgIpc) is 2.93. The van der Waals surface area contributed by atoms with E-state index < -0.39 is 9.84 Å². The molecule has 0 saturated carbocycles. The summed E-state index contributed by atoms with van der Waals surface area (Å²) in [5.74, 6) is -0.580. The first kappa shape index (κ1) is 18.0. The van der Waals surface area contributed by atoms with Crippen LogP contribution in [0.2, 0.25) is 0 Å². The molecule has 0 bridgehead atoms. The highest BCUT2D eigenvalue weighted by atomic mass is 32.2. The summed E-state index contributed by atoms with van der Waals surface area (Å²) in [6, 6.07) is -0.0505. The van der Waals surface area contributed by atoms with E-state index in [1.54, 1.807) is 4.90 Å². The Morgan fingerprint density at radius 3 is 2.52 bits per heavy atom. The van der Waals surface area contributed by atoms with Crippen LogP contribution in [0, 0.1) is 19.8 Å². The summed E-state index contributed by atoms with van der Waals surface area (Å²) >= 11 is 0. The lowest BCUT2D eigenvalue weighted by molar-refractivity contribution is -0.129. The van der Waals surface area contributed by atoms with Crippen LogP contribution in [0.25, 0.3) is 0 Å². The van der Waals surface area contributed by atoms with Gasteiger partial charge in [-0.3, -0.25) is 9.48 Å². The largest absolute Gasteiger partial charge is 0.335 e. The number of likely N-dealkylation sites (tertiary alicyclic amines) is 1. The first-order valence-electron chi connectivity index (χ1n) is 8.12. The molecule has 6 nitrogen and oxygen atoms in total. The van der Waals surface area contributed by atoms with Gasteiger partial charge in [-0.25, -0.2) is 8.42 Å². The Bertz CT molecular complexity index is 692. The van der Waals surface area contributed by atoms with Crippen molar-refractivity contribution in [2.45, 2.75) is 46.6 Å². The predicted octanol–water partition coefficient (Wildman–Crippen LogP) is 1.77. The summed E-state index contributed by atoms with van der Waals surface area (Å²) in [4.78, 5) is 14.3. The first-order chi connectivity index (χ1) is 10.6. The number of hydrogen-bond acceptors (Lipinski definition) is 4. The standard InChI is InChI=1S/C16H27N3O3S/c1-11(2)9-23(21,22)10-15(20)19-8-6-7-14(19)16-12(3)17-18(5)13(16)4/h11,14H,6-10H2,1-5H3/t14-/m0/s1. The second-order valence-electron chi connectivity index (χ2n) is 6.90. The van der Waals surface area contributed by atoms with Crippen molar-refractivity contribution in [3.8, 4) is 0 Å². The first-order valence-corrected chi connectivity index (χ1v) is 9.94. The van der Waals surface area contributed by atoms with Crippen LogP contribution < -0.4 is 0 Å². The number of amides is 1. The second kappa shape index (κ2) is 6.63. The average molecular weight is 341 g/mol. The lowest BCUT2D eigenvalue weighted by atomic mass is 10.0. The molecular formula is C16H27N3O3S. The normalized spacial score (nSPS) is 18.9. The van der Waals surface area contributed by atoms with Crippen molar-refractivity contribution in [1.29, 1.82) is 0 Å². The molecule has 0 unspecified atom stereocenters. The lowest BCUT2D eigenvalue weighted by Crippen LogP contribution is -2.36. The molecule has 7 heteroatoms. The molecule has 0 radical (unpaired) electrons. The highest BCUT2D eigenvalue weighted by Gasteiger charge is 2.35. The van der Waals surface area contributed by atoms with E-state index in [1.807, 2.05) is 39.4 Å². The number of aryl methyl sites for hydroxylation is 2. The van der Waals surface area contributed by atoms with E-state index >= 15 is 0 Å². The number of carbonyl (C=O) groups excluding carboxylic acids is 1. The van der Waals surface area contributed by atoms with Crippen LogP contribution in [-0.2, 0) is 21.7 Å². The zero-order valence-corrected chi connectivity index (χ0v) is 15.5. The molecule has 1 aromatic rings. The van der Waals surface area contributed by atoms with Crippen molar-refractivity contribution in [1.82, 2.24) is 14.7 Å². The maximum Gasteiger partial charge on any atom is 0.238 e. The summed E-state index contributed by atoms with van der Waals surface area (Å²) < 4.78 is 26.1. The SMILES string of the molecule is Cc1nn(C)c(C)c1[C@@H]1CCCN1C(=O)CS(=O)(=O)CC(C)C. The monoisotopic (exact) mass is 341 g/mol. The molecule has 1 aliphatic heterocycles. The number of nitrogens with zero attached hydrogens (tertiary/aromatic N) is 3. The Balaban J connectivity index is 2.20. The maximum atomic E-state index is 12.6. The van der Waals surface area contributed by atoms with Crippen molar-refractivity contribution in [3.63, 3.8) is 0 Å². The van der Waals surface area contributed by atoms with Crippen molar-refractivity contribution >= 4 is 15.7 Å². The van der Waals surface area contributed by atoms with E-state index in [0.29, 0.717) is 6.54 Å². The van der Waals surface area contributed by atoms with Gasteiger partial charge in [0.1, 0.15) is 5.75 Å². The molecule has 1 fully saturated rings. The Labute approximate surface area is 138 Å². The van der Waals surface area contributed by atoms with Gasteiger partial charge in [0.25, 0.3) is 0 Å². The molecule has 23 heavy (non-hydrogen) atoms. The van der Waals surface area contributed by atoms with Crippen LogP contribution in [0.5, 0.6) is 0 Å². The van der Waals surface area contributed by atoms with Gasteiger partial charge in [-0.15, -0.1) is 0 Å². The minimum absolute atomic E-state index is 0.0324. The number of carbonyl (C=O) groups is 1. The zero-order chi connectivity index (χ0) is 17.4. The van der Waals surface area contributed by atoms with Gasteiger partial charge >= 0.3 is 0 Å². The molecule has 130 valence electrons. The molecule has 0 N–H and O–H groups in total. The van der Waals surface area contributed by atoms with Gasteiger partial charge in [-0.05, 0) is 32.6 Å². The summed E-state index contributed by atoms with van der Waals surface area (Å²) in [5, 5.41) is 4.42. The molecule has 1 amide bonds. The third-order valence-electron chi connectivity index (χ3n) is 4.40. The van der Waals surface area contributed by atoms with E-state index in [1.165, 1.54) is 0 Å². The highest BCUT2D eigenvalue weighted by Crippen LogP contribution is 2.35. The zero-order valence-electron chi connectivity index (χ0n) is 14.7. The van der Waals surface area contributed by atoms with Gasteiger partial charge in [-0.2, -0.15) is 5.10 Å². The molecule has 2 heterocycles. The van der Waals surface area contributed by atoms with Crippen molar-refractivity contribution in [2.75, 3.05) is 18.1 Å². The third kappa shape index (κ3) is 3.94. The fraction of sp³-hybridized carbons (Fsp3) is 0.750. The molecule has 0 spiro atoms. The number of hydrogen-bond donors (Lipinski definition) is 0. The Kier molecular flexibility index (Phi) is 5.18. The van der Waals surface area contributed by atoms with Gasteiger partial charge in [-0.1, -0.05) is 13.8 Å². The number of aromatic nitrogens is 2. The molecule has 0 aliphatic carbocycles. The molecule has 0 aromatic carbocycles. The fourth-order valence-electron chi connectivity index (χ4n) is 3.48. The number of rotatable bonds is 5. The third-order valence-corrected chi connectivity index (χ3v) is 6.26. The van der Waals surface area contributed by atoms with Gasteiger partial charge < -0.3 is 4.90 Å². The molecule has 1 aromatic heterocycles. The Morgan fingerprint density at radius 1 is 1.35 bits per heavy atom. The quantitative estimate of drug-likeness (QED) is 0.818. The highest BCUT2D eigenvalue weighted by molar-refractivity contribution is 7.92. The molecule has 1 aliphatic rings. The number of sulfone groups is 1. The minimum Gasteiger partial charge on any atom is -0.335 e. The van der Waals surface area contributed by atoms with Crippen LogP contribution in [0.15, 0.2) is 0 Å². The van der Waals surface area contributed by atoms with Gasteiger partial charge in [0.05, 0.1) is 17.5 Å². The van der Waals surface area contributed by atoms with Crippen molar-refractivity contribution in [2.24, 2.45) is 13.0 Å². The minimum atomic E-state index is -3.35. The Morgan fingerprint density at radius 2 is 2.00 bits per heavy atom. The molecule has 1 atom stereocenters. The van der Waals surface area contributed by atoms with Crippen molar-refractivity contribution < 1.29 is 13.2 Å². The topological polar surface area (TPSA) is 72.3 Å². The van der Waals surface area contributed by atoms with Crippen LogP contribution in [-0.4, -0.2) is 47.1 Å². The van der Waals surface area contributed by atoms with Crippen LogP contribution in [0.4, 0.5) is 0 Å².